The van der Waals surface area contributed by atoms with Crippen molar-refractivity contribution >= 4 is 23.2 Å². The van der Waals surface area contributed by atoms with Crippen LogP contribution in [0, 0.1) is 0 Å². The Morgan fingerprint density at radius 1 is 0.806 bits per heavy atom. The highest BCUT2D eigenvalue weighted by Crippen LogP contribution is 2.37. The standard InChI is InChI=1S/C24H15ClF3NO2/c25-20-11-8-17(14-19(20)24(26,27)28)21-12-13-22(31-21)23(30)29-18-9-6-16(7-10-18)15-4-2-1-3-5-15/h1-14H,(H,29,30). The molecule has 7 heteroatoms. The van der Waals surface area contributed by atoms with Gasteiger partial charge in [0.1, 0.15) is 5.76 Å². The molecule has 3 aromatic carbocycles. The van der Waals surface area contributed by atoms with Gasteiger partial charge in [-0.05, 0) is 53.6 Å². The number of carbonyl (C=O) groups is 1. The number of carbonyl (C=O) groups excluding carboxylic acids is 1. The number of anilines is 1. The van der Waals surface area contributed by atoms with E-state index >= 15 is 0 Å². The summed E-state index contributed by atoms with van der Waals surface area (Å²) >= 11 is 5.65. The van der Waals surface area contributed by atoms with Crippen molar-refractivity contribution in [2.75, 3.05) is 5.32 Å². The Labute approximate surface area is 181 Å². The lowest BCUT2D eigenvalue weighted by atomic mass is 10.1. The van der Waals surface area contributed by atoms with Crippen molar-refractivity contribution in [3.8, 4) is 22.5 Å². The van der Waals surface area contributed by atoms with Crippen molar-refractivity contribution < 1.29 is 22.4 Å². The first-order chi connectivity index (χ1) is 14.8. The molecule has 3 nitrogen and oxygen atoms in total. The number of nitrogens with one attached hydrogen (secondary N) is 1. The zero-order valence-electron chi connectivity index (χ0n) is 15.9. The highest BCUT2D eigenvalue weighted by Gasteiger charge is 2.33. The molecule has 0 saturated carbocycles. The third kappa shape index (κ3) is 4.64. The highest BCUT2D eigenvalue weighted by molar-refractivity contribution is 6.31. The van der Waals surface area contributed by atoms with Crippen LogP contribution in [-0.4, -0.2) is 5.91 Å². The summed E-state index contributed by atoms with van der Waals surface area (Å²) in [7, 11) is 0. The Bertz CT molecular complexity index is 1220. The smallest absolute Gasteiger partial charge is 0.417 e. The molecule has 1 amide bonds. The molecule has 4 rings (SSSR count). The fourth-order valence-electron chi connectivity index (χ4n) is 3.08. The zero-order valence-corrected chi connectivity index (χ0v) is 16.7. The van der Waals surface area contributed by atoms with Gasteiger partial charge in [-0.15, -0.1) is 0 Å². The Morgan fingerprint density at radius 2 is 1.45 bits per heavy atom. The predicted octanol–water partition coefficient (Wildman–Crippen LogP) is 7.54. The van der Waals surface area contributed by atoms with Crippen molar-refractivity contribution in [2.45, 2.75) is 6.18 Å². The van der Waals surface area contributed by atoms with Gasteiger partial charge in [0, 0.05) is 11.3 Å². The molecule has 0 unspecified atom stereocenters. The fraction of sp³-hybridized carbons (Fsp3) is 0.0417. The second-order valence-electron chi connectivity index (χ2n) is 6.75. The van der Waals surface area contributed by atoms with E-state index in [4.69, 9.17) is 16.0 Å². The van der Waals surface area contributed by atoms with Crippen LogP contribution in [0.1, 0.15) is 16.1 Å². The van der Waals surface area contributed by atoms with E-state index in [1.807, 2.05) is 42.5 Å². The van der Waals surface area contributed by atoms with E-state index in [0.29, 0.717) is 5.69 Å². The topological polar surface area (TPSA) is 42.2 Å². The summed E-state index contributed by atoms with van der Waals surface area (Å²) in [6.45, 7) is 0. The monoisotopic (exact) mass is 441 g/mol. The van der Waals surface area contributed by atoms with Crippen molar-refractivity contribution in [2.24, 2.45) is 0 Å². The normalized spacial score (nSPS) is 11.4. The van der Waals surface area contributed by atoms with E-state index in [1.165, 1.54) is 18.2 Å². The minimum Gasteiger partial charge on any atom is -0.451 e. The van der Waals surface area contributed by atoms with Gasteiger partial charge in [-0.2, -0.15) is 13.2 Å². The summed E-state index contributed by atoms with van der Waals surface area (Å²) in [4.78, 5) is 12.5. The summed E-state index contributed by atoms with van der Waals surface area (Å²) in [5.74, 6) is -0.402. The number of halogens is 4. The molecular weight excluding hydrogens is 427 g/mol. The largest absolute Gasteiger partial charge is 0.451 e. The molecule has 1 heterocycles. The molecule has 156 valence electrons. The Kier molecular flexibility index (Phi) is 5.57. The van der Waals surface area contributed by atoms with E-state index in [1.54, 1.807) is 12.1 Å². The molecule has 0 saturated heterocycles. The van der Waals surface area contributed by atoms with Crippen molar-refractivity contribution in [1.82, 2.24) is 0 Å². The number of rotatable bonds is 4. The summed E-state index contributed by atoms with van der Waals surface area (Å²) < 4.78 is 44.7. The van der Waals surface area contributed by atoms with E-state index < -0.39 is 22.7 Å². The summed E-state index contributed by atoms with van der Waals surface area (Å²) in [5, 5.41) is 2.31. The van der Waals surface area contributed by atoms with Gasteiger partial charge in [0.25, 0.3) is 5.91 Å². The quantitative estimate of drug-likeness (QED) is 0.355. The summed E-state index contributed by atoms with van der Waals surface area (Å²) in [6.07, 6.45) is -4.59. The number of hydrogen-bond acceptors (Lipinski definition) is 2. The minimum atomic E-state index is -4.59. The van der Waals surface area contributed by atoms with Crippen molar-refractivity contribution in [3.05, 3.63) is 101 Å². The lowest BCUT2D eigenvalue weighted by Gasteiger charge is -2.10. The average molecular weight is 442 g/mol. The lowest BCUT2D eigenvalue weighted by molar-refractivity contribution is -0.137. The first kappa shape index (κ1) is 20.8. The molecule has 0 aliphatic carbocycles. The zero-order chi connectivity index (χ0) is 22.0. The second kappa shape index (κ2) is 8.32. The molecule has 0 spiro atoms. The average Bonchev–Trinajstić information content (AvgIpc) is 3.25. The van der Waals surface area contributed by atoms with Crippen LogP contribution in [0.15, 0.2) is 89.3 Å². The fourth-order valence-corrected chi connectivity index (χ4v) is 3.30. The van der Waals surface area contributed by atoms with Gasteiger partial charge < -0.3 is 9.73 Å². The lowest BCUT2D eigenvalue weighted by Crippen LogP contribution is -2.10. The molecule has 0 atom stereocenters. The highest BCUT2D eigenvalue weighted by atomic mass is 35.5. The SMILES string of the molecule is O=C(Nc1ccc(-c2ccccc2)cc1)c1ccc(-c2ccc(Cl)c(C(F)(F)F)c2)o1. The Balaban J connectivity index is 1.50. The van der Waals surface area contributed by atoms with E-state index in [9.17, 15) is 18.0 Å². The first-order valence-corrected chi connectivity index (χ1v) is 9.63. The first-order valence-electron chi connectivity index (χ1n) is 9.25. The van der Waals surface area contributed by atoms with E-state index in [0.717, 1.165) is 23.3 Å². The van der Waals surface area contributed by atoms with Crippen molar-refractivity contribution in [3.63, 3.8) is 0 Å². The third-order valence-electron chi connectivity index (χ3n) is 4.64. The summed E-state index contributed by atoms with van der Waals surface area (Å²) in [5.41, 5.74) is 1.82. The molecule has 0 aliphatic rings. The number of furan rings is 1. The van der Waals surface area contributed by atoms with Gasteiger partial charge >= 0.3 is 6.18 Å². The van der Waals surface area contributed by atoms with Gasteiger partial charge in [-0.25, -0.2) is 0 Å². The predicted molar refractivity (Wildman–Crippen MR) is 114 cm³/mol. The number of alkyl halides is 3. The van der Waals surface area contributed by atoms with Gasteiger partial charge in [-0.3, -0.25) is 4.79 Å². The molecule has 0 radical (unpaired) electrons. The number of hydrogen-bond donors (Lipinski definition) is 1. The van der Waals surface area contributed by atoms with Gasteiger partial charge in [-0.1, -0.05) is 54.1 Å². The number of amides is 1. The molecule has 31 heavy (non-hydrogen) atoms. The van der Waals surface area contributed by atoms with Crippen LogP contribution in [0.3, 0.4) is 0 Å². The van der Waals surface area contributed by atoms with Gasteiger partial charge in [0.05, 0.1) is 10.6 Å². The summed E-state index contributed by atoms with van der Waals surface area (Å²) in [6, 6.07) is 23.4. The van der Waals surface area contributed by atoms with Crippen LogP contribution in [0.5, 0.6) is 0 Å². The molecule has 1 N–H and O–H groups in total. The maximum Gasteiger partial charge on any atom is 0.417 e. The maximum absolute atomic E-state index is 13.1. The van der Waals surface area contributed by atoms with Crippen molar-refractivity contribution in [1.29, 1.82) is 0 Å². The van der Waals surface area contributed by atoms with E-state index in [-0.39, 0.29) is 17.1 Å². The molecule has 0 aliphatic heterocycles. The van der Waals surface area contributed by atoms with Gasteiger partial charge in [0.15, 0.2) is 5.76 Å². The van der Waals surface area contributed by atoms with Gasteiger partial charge in [0.2, 0.25) is 0 Å². The molecule has 1 aromatic heterocycles. The van der Waals surface area contributed by atoms with Crippen LogP contribution in [-0.2, 0) is 6.18 Å². The molecule has 4 aromatic rings. The van der Waals surface area contributed by atoms with E-state index in [2.05, 4.69) is 5.32 Å². The van der Waals surface area contributed by atoms with Crippen LogP contribution in [0.4, 0.5) is 18.9 Å². The molecule has 0 bridgehead atoms. The minimum absolute atomic E-state index is 0.0226. The van der Waals surface area contributed by atoms with Crippen LogP contribution >= 0.6 is 11.6 Å². The second-order valence-corrected chi connectivity index (χ2v) is 7.16. The molecular formula is C24H15ClF3NO2. The Morgan fingerprint density at radius 3 is 2.13 bits per heavy atom. The maximum atomic E-state index is 13.1. The van der Waals surface area contributed by atoms with Crippen LogP contribution < -0.4 is 5.32 Å². The third-order valence-corrected chi connectivity index (χ3v) is 4.97. The Hall–Kier alpha value is -3.51. The molecule has 0 fully saturated rings. The van der Waals surface area contributed by atoms with Crippen LogP contribution in [0.25, 0.3) is 22.5 Å². The number of benzene rings is 3. The van der Waals surface area contributed by atoms with Crippen LogP contribution in [0.2, 0.25) is 5.02 Å².